The SMILES string of the molecule is CCCCN(CCCC)c1cccc2sc3cccc(N(CCCC)CCCC)c3c12. The van der Waals surface area contributed by atoms with Gasteiger partial charge in [0.2, 0.25) is 0 Å². The van der Waals surface area contributed by atoms with Crippen molar-refractivity contribution in [2.45, 2.75) is 79.1 Å². The first-order chi connectivity index (χ1) is 15.2. The summed E-state index contributed by atoms with van der Waals surface area (Å²) in [6.45, 7) is 13.8. The number of thiophene rings is 1. The molecule has 0 aliphatic rings. The van der Waals surface area contributed by atoms with Crippen LogP contribution in [0.3, 0.4) is 0 Å². The van der Waals surface area contributed by atoms with Crippen molar-refractivity contribution in [3.8, 4) is 0 Å². The number of rotatable bonds is 14. The molecular weight excluding hydrogens is 396 g/mol. The quantitative estimate of drug-likeness (QED) is 0.248. The minimum atomic E-state index is 1.16. The van der Waals surface area contributed by atoms with E-state index in [1.165, 1.54) is 82.9 Å². The fourth-order valence-electron chi connectivity index (χ4n) is 4.46. The molecule has 0 radical (unpaired) electrons. The highest BCUT2D eigenvalue weighted by Crippen LogP contribution is 2.44. The van der Waals surface area contributed by atoms with Crippen LogP contribution in [0.2, 0.25) is 0 Å². The van der Waals surface area contributed by atoms with Crippen LogP contribution in [-0.2, 0) is 0 Å². The van der Waals surface area contributed by atoms with Gasteiger partial charge in [-0.2, -0.15) is 0 Å². The van der Waals surface area contributed by atoms with Crippen molar-refractivity contribution in [3.05, 3.63) is 36.4 Å². The lowest BCUT2D eigenvalue weighted by molar-refractivity contribution is 0.679. The van der Waals surface area contributed by atoms with E-state index in [9.17, 15) is 0 Å². The Morgan fingerprint density at radius 1 is 0.548 bits per heavy atom. The molecule has 0 aliphatic heterocycles. The van der Waals surface area contributed by atoms with Crippen LogP contribution in [0.5, 0.6) is 0 Å². The van der Waals surface area contributed by atoms with Gasteiger partial charge in [0.1, 0.15) is 0 Å². The molecule has 0 bridgehead atoms. The minimum Gasteiger partial charge on any atom is -0.371 e. The maximum absolute atomic E-state index is 2.67. The third-order valence-electron chi connectivity index (χ3n) is 6.29. The molecule has 0 unspecified atom stereocenters. The van der Waals surface area contributed by atoms with Gasteiger partial charge in [-0.15, -0.1) is 11.3 Å². The van der Waals surface area contributed by atoms with Gasteiger partial charge >= 0.3 is 0 Å². The predicted molar refractivity (Wildman–Crippen MR) is 143 cm³/mol. The summed E-state index contributed by atoms with van der Waals surface area (Å²) in [6, 6.07) is 13.9. The number of fused-ring (bicyclic) bond motifs is 3. The van der Waals surface area contributed by atoms with Gasteiger partial charge < -0.3 is 9.80 Å². The van der Waals surface area contributed by atoms with Gasteiger partial charge in [-0.25, -0.2) is 0 Å². The Morgan fingerprint density at radius 2 is 0.903 bits per heavy atom. The zero-order valence-corrected chi connectivity index (χ0v) is 21.1. The van der Waals surface area contributed by atoms with E-state index in [1.807, 2.05) is 11.3 Å². The Balaban J connectivity index is 2.15. The highest BCUT2D eigenvalue weighted by molar-refractivity contribution is 7.26. The van der Waals surface area contributed by atoms with E-state index in [4.69, 9.17) is 0 Å². The van der Waals surface area contributed by atoms with Crippen LogP contribution in [-0.4, -0.2) is 26.2 Å². The topological polar surface area (TPSA) is 6.48 Å². The molecule has 170 valence electrons. The molecule has 0 aliphatic carbocycles. The highest BCUT2D eigenvalue weighted by Gasteiger charge is 2.19. The van der Waals surface area contributed by atoms with Crippen molar-refractivity contribution in [2.75, 3.05) is 36.0 Å². The molecule has 0 N–H and O–H groups in total. The average molecular weight is 439 g/mol. The summed E-state index contributed by atoms with van der Waals surface area (Å²) < 4.78 is 2.87. The number of anilines is 2. The molecule has 2 aromatic carbocycles. The lowest BCUT2D eigenvalue weighted by atomic mass is 10.1. The first kappa shape index (κ1) is 23.9. The molecule has 0 fully saturated rings. The van der Waals surface area contributed by atoms with Crippen LogP contribution in [0.4, 0.5) is 11.4 Å². The Hall–Kier alpha value is -1.74. The number of hydrogen-bond donors (Lipinski definition) is 0. The predicted octanol–water partition coefficient (Wildman–Crippen LogP) is 8.87. The number of hydrogen-bond acceptors (Lipinski definition) is 3. The molecule has 2 nitrogen and oxygen atoms in total. The molecule has 3 heteroatoms. The fourth-order valence-corrected chi connectivity index (χ4v) is 5.61. The van der Waals surface area contributed by atoms with Crippen molar-refractivity contribution < 1.29 is 0 Å². The molecule has 1 heterocycles. The number of unbranched alkanes of at least 4 members (excludes halogenated alkanes) is 4. The summed E-state index contributed by atoms with van der Waals surface area (Å²) in [5, 5.41) is 2.98. The van der Waals surface area contributed by atoms with Crippen LogP contribution in [0.15, 0.2) is 36.4 Å². The zero-order chi connectivity index (χ0) is 22.1. The smallest absolute Gasteiger partial charge is 0.0461 e. The van der Waals surface area contributed by atoms with Crippen molar-refractivity contribution in [1.82, 2.24) is 0 Å². The molecule has 31 heavy (non-hydrogen) atoms. The van der Waals surface area contributed by atoms with Crippen LogP contribution in [0, 0.1) is 0 Å². The van der Waals surface area contributed by atoms with E-state index in [0.717, 1.165) is 26.2 Å². The Labute approximate surface area is 194 Å². The van der Waals surface area contributed by atoms with E-state index in [0.29, 0.717) is 0 Å². The lowest BCUT2D eigenvalue weighted by Gasteiger charge is -2.28. The van der Waals surface area contributed by atoms with Gasteiger partial charge in [0.15, 0.2) is 0 Å². The maximum atomic E-state index is 2.67. The molecule has 0 spiro atoms. The van der Waals surface area contributed by atoms with Gasteiger partial charge in [-0.05, 0) is 49.9 Å². The molecular formula is C28H42N2S. The van der Waals surface area contributed by atoms with Crippen LogP contribution in [0.1, 0.15) is 79.1 Å². The second-order valence-corrected chi connectivity index (χ2v) is 9.87. The van der Waals surface area contributed by atoms with Gasteiger partial charge in [0, 0.05) is 57.7 Å². The van der Waals surface area contributed by atoms with Crippen LogP contribution >= 0.6 is 11.3 Å². The van der Waals surface area contributed by atoms with E-state index >= 15 is 0 Å². The highest BCUT2D eigenvalue weighted by atomic mass is 32.1. The Kier molecular flexibility index (Phi) is 9.52. The second-order valence-electron chi connectivity index (χ2n) is 8.79. The summed E-state index contributed by atoms with van der Waals surface area (Å²) in [6.07, 6.45) is 10.0. The van der Waals surface area contributed by atoms with E-state index < -0.39 is 0 Å². The van der Waals surface area contributed by atoms with Gasteiger partial charge in [0.25, 0.3) is 0 Å². The van der Waals surface area contributed by atoms with E-state index in [2.05, 4.69) is 73.9 Å². The average Bonchev–Trinajstić information content (AvgIpc) is 3.18. The van der Waals surface area contributed by atoms with Gasteiger partial charge in [-0.1, -0.05) is 65.5 Å². The van der Waals surface area contributed by atoms with Crippen LogP contribution < -0.4 is 9.80 Å². The third-order valence-corrected chi connectivity index (χ3v) is 7.41. The Bertz CT molecular complexity index is 839. The summed E-state index contributed by atoms with van der Waals surface area (Å²) in [5.41, 5.74) is 2.90. The molecule has 3 rings (SSSR count). The molecule has 1 aromatic heterocycles. The maximum Gasteiger partial charge on any atom is 0.0461 e. The van der Waals surface area contributed by atoms with Gasteiger partial charge in [0.05, 0.1) is 0 Å². The number of benzene rings is 2. The first-order valence-electron chi connectivity index (χ1n) is 12.7. The standard InChI is InChI=1S/C28H42N2S/c1-5-9-19-29(20-10-6-2)23-15-13-17-25-27(23)28-24(16-14-18-26(28)31-25)30(21-11-7-3)22-12-8-4/h13-18H,5-12,19-22H2,1-4H3. The van der Waals surface area contributed by atoms with Crippen LogP contribution in [0.25, 0.3) is 20.2 Å². The lowest BCUT2D eigenvalue weighted by Crippen LogP contribution is -2.26. The summed E-state index contributed by atoms with van der Waals surface area (Å²) >= 11 is 1.97. The van der Waals surface area contributed by atoms with E-state index in [-0.39, 0.29) is 0 Å². The van der Waals surface area contributed by atoms with Gasteiger partial charge in [-0.3, -0.25) is 0 Å². The summed E-state index contributed by atoms with van der Waals surface area (Å²) in [4.78, 5) is 5.33. The van der Waals surface area contributed by atoms with E-state index in [1.54, 1.807) is 0 Å². The molecule has 3 aromatic rings. The van der Waals surface area contributed by atoms with Crippen molar-refractivity contribution in [1.29, 1.82) is 0 Å². The largest absolute Gasteiger partial charge is 0.371 e. The van der Waals surface area contributed by atoms with Crippen molar-refractivity contribution in [2.24, 2.45) is 0 Å². The molecule has 0 atom stereocenters. The Morgan fingerprint density at radius 3 is 1.23 bits per heavy atom. The molecule has 0 saturated carbocycles. The first-order valence-corrected chi connectivity index (χ1v) is 13.5. The fraction of sp³-hybridized carbons (Fsp3) is 0.571. The summed E-state index contributed by atoms with van der Waals surface area (Å²) in [7, 11) is 0. The summed E-state index contributed by atoms with van der Waals surface area (Å²) in [5.74, 6) is 0. The zero-order valence-electron chi connectivity index (χ0n) is 20.3. The second kappa shape index (κ2) is 12.3. The molecule has 0 saturated heterocycles. The van der Waals surface area contributed by atoms with Crippen molar-refractivity contribution >= 4 is 42.9 Å². The van der Waals surface area contributed by atoms with Crippen molar-refractivity contribution in [3.63, 3.8) is 0 Å². The minimum absolute atomic E-state index is 1.16. The molecule has 0 amide bonds. The monoisotopic (exact) mass is 438 g/mol. The third kappa shape index (κ3) is 5.74. The normalized spacial score (nSPS) is 11.5. The number of nitrogens with zero attached hydrogens (tertiary/aromatic N) is 2.